The van der Waals surface area contributed by atoms with Crippen LogP contribution in [0.2, 0.25) is 0 Å². The molecule has 2 rings (SSSR count). The predicted octanol–water partition coefficient (Wildman–Crippen LogP) is 3.54. The highest BCUT2D eigenvalue weighted by molar-refractivity contribution is 7.89. The first kappa shape index (κ1) is 19.2. The van der Waals surface area contributed by atoms with Gasteiger partial charge in [0, 0.05) is 13.6 Å². The maximum absolute atomic E-state index is 13.4. The van der Waals surface area contributed by atoms with Gasteiger partial charge in [0.25, 0.3) is 0 Å². The lowest BCUT2D eigenvalue weighted by molar-refractivity contribution is -0.137. The van der Waals surface area contributed by atoms with E-state index in [0.717, 1.165) is 16.4 Å². The average molecular weight is 377 g/mol. The number of para-hydroxylation sites is 1. The van der Waals surface area contributed by atoms with Crippen molar-refractivity contribution in [2.75, 3.05) is 20.2 Å². The Morgan fingerprint density at radius 3 is 2.20 bits per heavy atom. The summed E-state index contributed by atoms with van der Waals surface area (Å²) in [5.74, 6) is -0.585. The van der Waals surface area contributed by atoms with Gasteiger partial charge < -0.3 is 4.74 Å². The first-order valence-corrected chi connectivity index (χ1v) is 8.57. The third-order valence-corrected chi connectivity index (χ3v) is 5.26. The fourth-order valence-electron chi connectivity index (χ4n) is 1.96. The van der Waals surface area contributed by atoms with E-state index in [4.69, 9.17) is 4.74 Å². The summed E-state index contributed by atoms with van der Waals surface area (Å²) in [5, 5.41) is 0. The Morgan fingerprint density at radius 2 is 1.64 bits per heavy atom. The van der Waals surface area contributed by atoms with Crippen molar-refractivity contribution in [3.05, 3.63) is 59.9 Å². The van der Waals surface area contributed by atoms with Gasteiger partial charge in [0.2, 0.25) is 10.0 Å². The number of likely N-dealkylation sites (N-methyl/N-ethyl adjacent to an activating group) is 1. The number of ether oxygens (including phenoxy) is 1. The van der Waals surface area contributed by atoms with Gasteiger partial charge in [0.05, 0.1) is 10.5 Å². The number of benzene rings is 2. The van der Waals surface area contributed by atoms with Gasteiger partial charge in [-0.3, -0.25) is 0 Å². The third kappa shape index (κ3) is 4.70. The second-order valence-electron chi connectivity index (χ2n) is 5.13. The van der Waals surface area contributed by atoms with Crippen LogP contribution in [0.4, 0.5) is 17.6 Å². The van der Waals surface area contributed by atoms with E-state index in [1.54, 1.807) is 6.07 Å². The number of sulfonamides is 1. The van der Waals surface area contributed by atoms with E-state index in [0.29, 0.717) is 12.1 Å². The van der Waals surface area contributed by atoms with Crippen LogP contribution < -0.4 is 4.74 Å². The molecule has 0 unspecified atom stereocenters. The van der Waals surface area contributed by atoms with Gasteiger partial charge in [-0.1, -0.05) is 12.1 Å². The Hall–Kier alpha value is -2.13. The molecule has 0 radical (unpaired) electrons. The zero-order valence-corrected chi connectivity index (χ0v) is 13.9. The minimum absolute atomic E-state index is 0.0113. The summed E-state index contributed by atoms with van der Waals surface area (Å²) in [6.07, 6.45) is -4.54. The standard InChI is InChI=1S/C16H15F4NO3S/c1-21(10-11-24-15-5-3-2-4-14(15)17)25(22,23)13-8-6-12(7-9-13)16(18,19)20/h2-9H,10-11H2,1H3. The van der Waals surface area contributed by atoms with Crippen LogP contribution in [0.15, 0.2) is 53.4 Å². The molecular weight excluding hydrogens is 362 g/mol. The van der Waals surface area contributed by atoms with Gasteiger partial charge >= 0.3 is 6.18 Å². The lowest BCUT2D eigenvalue weighted by Crippen LogP contribution is -2.31. The zero-order valence-electron chi connectivity index (χ0n) is 13.1. The van der Waals surface area contributed by atoms with Gasteiger partial charge in [-0.25, -0.2) is 12.8 Å². The number of nitrogens with zero attached hydrogens (tertiary/aromatic N) is 1. The third-order valence-electron chi connectivity index (χ3n) is 3.39. The van der Waals surface area contributed by atoms with Crippen molar-refractivity contribution in [2.24, 2.45) is 0 Å². The lowest BCUT2D eigenvalue weighted by Gasteiger charge is -2.18. The van der Waals surface area contributed by atoms with Crippen molar-refractivity contribution in [3.8, 4) is 5.75 Å². The molecule has 4 nitrogen and oxygen atoms in total. The summed E-state index contributed by atoms with van der Waals surface area (Å²) in [7, 11) is -2.71. The molecular formula is C16H15F4NO3S. The Morgan fingerprint density at radius 1 is 1.04 bits per heavy atom. The Kier molecular flexibility index (Phi) is 5.69. The largest absolute Gasteiger partial charge is 0.489 e. The molecule has 136 valence electrons. The molecule has 0 saturated carbocycles. The summed E-state index contributed by atoms with van der Waals surface area (Å²) in [6, 6.07) is 8.87. The van der Waals surface area contributed by atoms with E-state index in [1.165, 1.54) is 25.2 Å². The lowest BCUT2D eigenvalue weighted by atomic mass is 10.2. The highest BCUT2D eigenvalue weighted by Crippen LogP contribution is 2.30. The predicted molar refractivity (Wildman–Crippen MR) is 83.2 cm³/mol. The van der Waals surface area contributed by atoms with E-state index in [-0.39, 0.29) is 23.8 Å². The van der Waals surface area contributed by atoms with E-state index in [9.17, 15) is 26.0 Å². The Labute approximate surface area is 142 Å². The van der Waals surface area contributed by atoms with Crippen LogP contribution >= 0.6 is 0 Å². The van der Waals surface area contributed by atoms with Crippen molar-refractivity contribution in [3.63, 3.8) is 0 Å². The molecule has 2 aromatic rings. The van der Waals surface area contributed by atoms with Gasteiger partial charge in [0.1, 0.15) is 6.61 Å². The SMILES string of the molecule is CN(CCOc1ccccc1F)S(=O)(=O)c1ccc(C(F)(F)F)cc1. The van der Waals surface area contributed by atoms with Crippen LogP contribution in [0.3, 0.4) is 0 Å². The maximum atomic E-state index is 13.4. The Balaban J connectivity index is 2.02. The quantitative estimate of drug-likeness (QED) is 0.724. The first-order chi connectivity index (χ1) is 11.6. The van der Waals surface area contributed by atoms with Gasteiger partial charge in [-0.2, -0.15) is 17.5 Å². The van der Waals surface area contributed by atoms with Crippen LogP contribution in [-0.4, -0.2) is 32.9 Å². The molecule has 0 amide bonds. The zero-order chi connectivity index (χ0) is 18.7. The molecule has 0 heterocycles. The molecule has 0 aromatic heterocycles. The molecule has 2 aromatic carbocycles. The second kappa shape index (κ2) is 7.40. The van der Waals surface area contributed by atoms with E-state index in [1.807, 2.05) is 0 Å². The molecule has 0 aliphatic heterocycles. The summed E-state index contributed by atoms with van der Waals surface area (Å²) in [4.78, 5) is -0.270. The van der Waals surface area contributed by atoms with E-state index in [2.05, 4.69) is 0 Å². The van der Waals surface area contributed by atoms with Crippen molar-refractivity contribution >= 4 is 10.0 Å². The monoisotopic (exact) mass is 377 g/mol. The smallest absolute Gasteiger partial charge is 0.416 e. The minimum atomic E-state index is -4.54. The van der Waals surface area contributed by atoms with Crippen LogP contribution in [0.1, 0.15) is 5.56 Å². The number of hydrogen-bond donors (Lipinski definition) is 0. The minimum Gasteiger partial charge on any atom is -0.489 e. The topological polar surface area (TPSA) is 46.6 Å². The van der Waals surface area contributed by atoms with Crippen molar-refractivity contribution in [1.29, 1.82) is 0 Å². The first-order valence-electron chi connectivity index (χ1n) is 7.13. The molecule has 0 atom stereocenters. The number of hydrogen-bond acceptors (Lipinski definition) is 3. The molecule has 9 heteroatoms. The van der Waals surface area contributed by atoms with Gasteiger partial charge in [0.15, 0.2) is 11.6 Å². The number of rotatable bonds is 6. The summed E-state index contributed by atoms with van der Waals surface area (Å²) in [6.45, 7) is -0.213. The number of alkyl halides is 3. The molecule has 0 bridgehead atoms. The van der Waals surface area contributed by atoms with Crippen molar-refractivity contribution in [1.82, 2.24) is 4.31 Å². The average Bonchev–Trinajstić information content (AvgIpc) is 2.55. The van der Waals surface area contributed by atoms with Crippen LogP contribution in [-0.2, 0) is 16.2 Å². The molecule has 0 aliphatic carbocycles. The fourth-order valence-corrected chi connectivity index (χ4v) is 3.12. The van der Waals surface area contributed by atoms with E-state index >= 15 is 0 Å². The fraction of sp³-hybridized carbons (Fsp3) is 0.250. The van der Waals surface area contributed by atoms with Crippen LogP contribution in [0.5, 0.6) is 5.75 Å². The number of halogens is 4. The molecule has 0 aliphatic rings. The molecule has 0 spiro atoms. The molecule has 0 saturated heterocycles. The van der Waals surface area contributed by atoms with Crippen molar-refractivity contribution < 1.29 is 30.7 Å². The molecule has 0 fully saturated rings. The maximum Gasteiger partial charge on any atom is 0.416 e. The van der Waals surface area contributed by atoms with E-state index < -0.39 is 27.6 Å². The van der Waals surface area contributed by atoms with Crippen LogP contribution in [0.25, 0.3) is 0 Å². The summed E-state index contributed by atoms with van der Waals surface area (Å²) >= 11 is 0. The highest BCUT2D eigenvalue weighted by Gasteiger charge is 2.31. The Bertz CT molecular complexity index is 820. The normalized spacial score (nSPS) is 12.4. The van der Waals surface area contributed by atoms with Crippen molar-refractivity contribution in [2.45, 2.75) is 11.1 Å². The summed E-state index contributed by atoms with van der Waals surface area (Å²) in [5.41, 5.74) is -0.933. The van der Waals surface area contributed by atoms with Crippen LogP contribution in [0, 0.1) is 5.82 Å². The van der Waals surface area contributed by atoms with Gasteiger partial charge in [-0.15, -0.1) is 0 Å². The molecule has 25 heavy (non-hydrogen) atoms. The molecule has 0 N–H and O–H groups in total. The highest BCUT2D eigenvalue weighted by atomic mass is 32.2. The summed E-state index contributed by atoms with van der Waals surface area (Å²) < 4.78 is 81.7. The second-order valence-corrected chi connectivity index (χ2v) is 7.17. The van der Waals surface area contributed by atoms with Gasteiger partial charge in [-0.05, 0) is 36.4 Å².